The van der Waals surface area contributed by atoms with Gasteiger partial charge in [-0.1, -0.05) is 12.1 Å². The Labute approximate surface area is 151 Å². The van der Waals surface area contributed by atoms with Crippen LogP contribution < -0.4 is 14.2 Å². The molecule has 0 N–H and O–H groups in total. The summed E-state index contributed by atoms with van der Waals surface area (Å²) in [7, 11) is 1.41. The fourth-order valence-electron chi connectivity index (χ4n) is 2.29. The van der Waals surface area contributed by atoms with Gasteiger partial charge in [0.2, 0.25) is 5.75 Å². The van der Waals surface area contributed by atoms with Crippen LogP contribution >= 0.6 is 0 Å². The van der Waals surface area contributed by atoms with Crippen molar-refractivity contribution in [2.24, 2.45) is 0 Å². The molecular weight excluding hydrogens is 338 g/mol. The maximum atomic E-state index is 11.9. The van der Waals surface area contributed by atoms with Gasteiger partial charge in [0.1, 0.15) is 11.5 Å². The van der Waals surface area contributed by atoms with E-state index in [-0.39, 0.29) is 17.9 Å². The normalized spacial score (nSPS) is 10.2. The molecule has 7 nitrogen and oxygen atoms in total. The third kappa shape index (κ3) is 5.77. The Morgan fingerprint density at radius 3 is 2.62 bits per heavy atom. The van der Waals surface area contributed by atoms with E-state index in [0.717, 1.165) is 11.3 Å². The van der Waals surface area contributed by atoms with Crippen molar-refractivity contribution in [2.45, 2.75) is 26.2 Å². The number of carbonyl (C=O) groups is 1. The Morgan fingerprint density at radius 2 is 1.92 bits per heavy atom. The van der Waals surface area contributed by atoms with Gasteiger partial charge in [0.15, 0.2) is 0 Å². The molecule has 0 saturated heterocycles. The number of nitro benzene ring substituents is 1. The molecule has 0 amide bonds. The summed E-state index contributed by atoms with van der Waals surface area (Å²) in [5, 5.41) is 11.1. The van der Waals surface area contributed by atoms with Crippen LogP contribution in [0.5, 0.6) is 17.2 Å². The second kappa shape index (κ2) is 9.41. The topological polar surface area (TPSA) is 87.9 Å². The van der Waals surface area contributed by atoms with E-state index < -0.39 is 10.9 Å². The average Bonchev–Trinajstić information content (AvgIpc) is 2.61. The number of nitro groups is 1. The smallest absolute Gasteiger partial charge is 0.315 e. The number of benzene rings is 2. The highest BCUT2D eigenvalue weighted by Crippen LogP contribution is 2.31. The summed E-state index contributed by atoms with van der Waals surface area (Å²) in [6, 6.07) is 11.8. The zero-order chi connectivity index (χ0) is 18.9. The Balaban J connectivity index is 1.77. The van der Waals surface area contributed by atoms with Crippen LogP contribution in [0.3, 0.4) is 0 Å². The van der Waals surface area contributed by atoms with E-state index >= 15 is 0 Å². The van der Waals surface area contributed by atoms with Crippen LogP contribution in [0.4, 0.5) is 5.69 Å². The minimum absolute atomic E-state index is 0.0863. The minimum Gasteiger partial charge on any atom is -0.496 e. The van der Waals surface area contributed by atoms with Crippen LogP contribution in [-0.2, 0) is 4.79 Å². The number of unbranched alkanes of at least 4 members (excludes halogenated alkanes) is 1. The van der Waals surface area contributed by atoms with E-state index in [1.54, 1.807) is 0 Å². The lowest BCUT2D eigenvalue weighted by Crippen LogP contribution is -2.10. The first kappa shape index (κ1) is 19.2. The molecule has 0 bridgehead atoms. The summed E-state index contributed by atoms with van der Waals surface area (Å²) in [5.41, 5.74) is 0.813. The molecule has 2 aromatic carbocycles. The van der Waals surface area contributed by atoms with Crippen molar-refractivity contribution in [3.05, 3.63) is 58.1 Å². The monoisotopic (exact) mass is 359 g/mol. The molecule has 7 heteroatoms. The van der Waals surface area contributed by atoms with E-state index in [1.165, 1.54) is 25.3 Å². The van der Waals surface area contributed by atoms with Gasteiger partial charge in [0, 0.05) is 6.42 Å². The summed E-state index contributed by atoms with van der Waals surface area (Å²) in [6.45, 7) is 2.47. The lowest BCUT2D eigenvalue weighted by molar-refractivity contribution is -0.385. The number of methoxy groups -OCH3 is 1. The van der Waals surface area contributed by atoms with Crippen LogP contribution in [0.15, 0.2) is 42.5 Å². The molecule has 0 aliphatic carbocycles. The zero-order valence-corrected chi connectivity index (χ0v) is 14.8. The molecule has 26 heavy (non-hydrogen) atoms. The van der Waals surface area contributed by atoms with Crippen molar-refractivity contribution in [3.8, 4) is 17.2 Å². The quantitative estimate of drug-likeness (QED) is 0.220. The maximum Gasteiger partial charge on any atom is 0.315 e. The molecule has 0 aromatic heterocycles. The molecule has 0 radical (unpaired) electrons. The lowest BCUT2D eigenvalue weighted by atomic mass is 10.2. The Kier molecular flexibility index (Phi) is 6.96. The van der Waals surface area contributed by atoms with Gasteiger partial charge in [-0.2, -0.15) is 0 Å². The SMILES string of the molecule is COc1ccc(OC(=O)CCCCOc2cccc(C)c2)c([N+](=O)[O-])c1. The second-order valence-corrected chi connectivity index (χ2v) is 5.69. The fourth-order valence-corrected chi connectivity index (χ4v) is 2.29. The van der Waals surface area contributed by atoms with Crippen LogP contribution in [-0.4, -0.2) is 24.6 Å². The van der Waals surface area contributed by atoms with Gasteiger partial charge in [-0.25, -0.2) is 0 Å². The highest BCUT2D eigenvalue weighted by atomic mass is 16.6. The van der Waals surface area contributed by atoms with Gasteiger partial charge in [-0.15, -0.1) is 0 Å². The summed E-state index contributed by atoms with van der Waals surface area (Å²) in [6.07, 6.45) is 1.39. The Bertz CT molecular complexity index is 774. The standard InChI is InChI=1S/C19H21NO6/c1-14-6-5-7-16(12-14)25-11-4-3-8-19(21)26-18-10-9-15(24-2)13-17(18)20(22)23/h5-7,9-10,12-13H,3-4,8,11H2,1-2H3. The third-order valence-corrected chi connectivity index (χ3v) is 3.62. The van der Waals surface area contributed by atoms with E-state index in [9.17, 15) is 14.9 Å². The van der Waals surface area contributed by atoms with Crippen LogP contribution in [0.1, 0.15) is 24.8 Å². The molecular formula is C19H21NO6. The third-order valence-electron chi connectivity index (χ3n) is 3.62. The Hall–Kier alpha value is -3.09. The number of esters is 1. The fraction of sp³-hybridized carbons (Fsp3) is 0.316. The van der Waals surface area contributed by atoms with E-state index in [4.69, 9.17) is 14.2 Å². The maximum absolute atomic E-state index is 11.9. The number of carbonyl (C=O) groups excluding carboxylic acids is 1. The summed E-state index contributed by atoms with van der Waals surface area (Å²) < 4.78 is 15.7. The van der Waals surface area contributed by atoms with Crippen molar-refractivity contribution in [3.63, 3.8) is 0 Å². The molecule has 0 heterocycles. The average molecular weight is 359 g/mol. The largest absolute Gasteiger partial charge is 0.496 e. The second-order valence-electron chi connectivity index (χ2n) is 5.69. The first-order chi connectivity index (χ1) is 12.5. The Morgan fingerprint density at radius 1 is 1.12 bits per heavy atom. The van der Waals surface area contributed by atoms with Gasteiger partial charge in [-0.3, -0.25) is 14.9 Å². The van der Waals surface area contributed by atoms with E-state index in [2.05, 4.69) is 0 Å². The van der Waals surface area contributed by atoms with Crippen LogP contribution in [0.2, 0.25) is 0 Å². The first-order valence-electron chi connectivity index (χ1n) is 8.22. The number of hydrogen-bond donors (Lipinski definition) is 0. The summed E-state index contributed by atoms with van der Waals surface area (Å²) in [4.78, 5) is 22.4. The highest BCUT2D eigenvalue weighted by Gasteiger charge is 2.19. The number of ether oxygens (including phenoxy) is 3. The minimum atomic E-state index is -0.610. The molecule has 0 fully saturated rings. The van der Waals surface area contributed by atoms with Crippen molar-refractivity contribution in [2.75, 3.05) is 13.7 Å². The van der Waals surface area contributed by atoms with Crippen molar-refractivity contribution < 1.29 is 23.9 Å². The number of nitrogens with zero attached hydrogens (tertiary/aromatic N) is 1. The number of hydrogen-bond acceptors (Lipinski definition) is 6. The van der Waals surface area contributed by atoms with Crippen molar-refractivity contribution >= 4 is 11.7 Å². The number of rotatable bonds is 9. The van der Waals surface area contributed by atoms with Crippen molar-refractivity contribution in [1.29, 1.82) is 0 Å². The number of aryl methyl sites for hydroxylation is 1. The molecule has 0 atom stereocenters. The molecule has 138 valence electrons. The summed E-state index contributed by atoms with van der Waals surface area (Å²) in [5.74, 6) is 0.511. The molecule has 2 rings (SSSR count). The lowest BCUT2D eigenvalue weighted by Gasteiger charge is -2.08. The predicted octanol–water partition coefficient (Wildman–Crippen LogP) is 4.07. The molecule has 0 aliphatic heterocycles. The molecule has 0 aliphatic rings. The molecule has 0 spiro atoms. The zero-order valence-electron chi connectivity index (χ0n) is 14.8. The molecule has 0 unspecified atom stereocenters. The highest BCUT2D eigenvalue weighted by molar-refractivity contribution is 5.74. The van der Waals surface area contributed by atoms with Gasteiger partial charge >= 0.3 is 11.7 Å². The van der Waals surface area contributed by atoms with Gasteiger partial charge < -0.3 is 14.2 Å². The van der Waals surface area contributed by atoms with Crippen LogP contribution in [0, 0.1) is 17.0 Å². The molecule has 2 aromatic rings. The summed E-state index contributed by atoms with van der Waals surface area (Å²) >= 11 is 0. The van der Waals surface area contributed by atoms with Gasteiger partial charge in [-0.05, 0) is 49.6 Å². The predicted molar refractivity (Wildman–Crippen MR) is 95.8 cm³/mol. The van der Waals surface area contributed by atoms with E-state index in [1.807, 2.05) is 31.2 Å². The van der Waals surface area contributed by atoms with Crippen molar-refractivity contribution in [1.82, 2.24) is 0 Å². The molecule has 0 saturated carbocycles. The van der Waals surface area contributed by atoms with Gasteiger partial charge in [0.25, 0.3) is 0 Å². The van der Waals surface area contributed by atoms with Crippen LogP contribution in [0.25, 0.3) is 0 Å². The van der Waals surface area contributed by atoms with E-state index in [0.29, 0.717) is 25.2 Å². The van der Waals surface area contributed by atoms with Gasteiger partial charge in [0.05, 0.1) is 24.7 Å². The first-order valence-corrected chi connectivity index (χ1v) is 8.22.